The van der Waals surface area contributed by atoms with Crippen LogP contribution in [0.4, 0.5) is 0 Å². The molecule has 2 aromatic rings. The second-order valence-electron chi connectivity index (χ2n) is 5.32. The Morgan fingerprint density at radius 3 is 2.29 bits per heavy atom. The molecule has 2 unspecified atom stereocenters. The number of hydrogen-bond donors (Lipinski definition) is 1. The summed E-state index contributed by atoms with van der Waals surface area (Å²) in [5.41, 5.74) is 9.35. The van der Waals surface area contributed by atoms with E-state index >= 15 is 0 Å². The first kappa shape index (κ1) is 16.3. The van der Waals surface area contributed by atoms with E-state index < -0.39 is 0 Å². The Morgan fingerprint density at radius 2 is 1.76 bits per heavy atom. The second kappa shape index (κ2) is 6.82. The zero-order valence-electron chi connectivity index (χ0n) is 12.4. The molecule has 0 aliphatic heterocycles. The molecule has 0 aliphatic carbocycles. The standard InChI is InChI=1S/C17H19BrClNO/c1-10-7-15(8-11(2)16(10)18)21-17(12(3)20)13-5-4-6-14(19)9-13/h4-9,12,17H,20H2,1-3H3. The van der Waals surface area contributed by atoms with E-state index in [-0.39, 0.29) is 12.1 Å². The van der Waals surface area contributed by atoms with Gasteiger partial charge in [-0.3, -0.25) is 0 Å². The minimum Gasteiger partial charge on any atom is -0.484 e. The summed E-state index contributed by atoms with van der Waals surface area (Å²) in [6.45, 7) is 6.03. The Balaban J connectivity index is 2.33. The van der Waals surface area contributed by atoms with Crippen LogP contribution in [0.2, 0.25) is 5.02 Å². The lowest BCUT2D eigenvalue weighted by molar-refractivity contribution is 0.180. The van der Waals surface area contributed by atoms with Crippen LogP contribution >= 0.6 is 27.5 Å². The van der Waals surface area contributed by atoms with Crippen LogP contribution in [0.15, 0.2) is 40.9 Å². The van der Waals surface area contributed by atoms with Gasteiger partial charge in [0.25, 0.3) is 0 Å². The maximum Gasteiger partial charge on any atom is 0.138 e. The van der Waals surface area contributed by atoms with Crippen molar-refractivity contribution in [2.45, 2.75) is 32.9 Å². The quantitative estimate of drug-likeness (QED) is 0.806. The van der Waals surface area contributed by atoms with Gasteiger partial charge in [-0.1, -0.05) is 39.7 Å². The van der Waals surface area contributed by atoms with Gasteiger partial charge in [-0.05, 0) is 61.7 Å². The lowest BCUT2D eigenvalue weighted by Crippen LogP contribution is -2.29. The molecule has 0 aliphatic rings. The number of halogens is 2. The first-order chi connectivity index (χ1) is 9.88. The van der Waals surface area contributed by atoms with E-state index in [9.17, 15) is 0 Å². The van der Waals surface area contributed by atoms with E-state index in [4.69, 9.17) is 22.1 Å². The van der Waals surface area contributed by atoms with Crippen molar-refractivity contribution in [2.75, 3.05) is 0 Å². The number of rotatable bonds is 4. The number of nitrogens with two attached hydrogens (primary N) is 1. The van der Waals surface area contributed by atoms with E-state index in [1.807, 2.05) is 57.2 Å². The van der Waals surface area contributed by atoms with Gasteiger partial charge in [0.15, 0.2) is 0 Å². The zero-order chi connectivity index (χ0) is 15.6. The van der Waals surface area contributed by atoms with Crippen LogP contribution in [-0.4, -0.2) is 6.04 Å². The lowest BCUT2D eigenvalue weighted by atomic mass is 10.0. The number of benzene rings is 2. The van der Waals surface area contributed by atoms with Gasteiger partial charge >= 0.3 is 0 Å². The molecular weight excluding hydrogens is 350 g/mol. The predicted octanol–water partition coefficient (Wildman–Crippen LogP) is 5.19. The average molecular weight is 369 g/mol. The Labute approximate surface area is 139 Å². The molecule has 21 heavy (non-hydrogen) atoms. The molecule has 112 valence electrons. The summed E-state index contributed by atoms with van der Waals surface area (Å²) < 4.78 is 7.24. The number of aryl methyl sites for hydroxylation is 2. The summed E-state index contributed by atoms with van der Waals surface area (Å²) in [7, 11) is 0. The number of hydrogen-bond acceptors (Lipinski definition) is 2. The Bertz CT molecular complexity index is 619. The molecule has 0 saturated heterocycles. The fraction of sp³-hybridized carbons (Fsp3) is 0.294. The topological polar surface area (TPSA) is 35.2 Å². The van der Waals surface area contributed by atoms with E-state index in [2.05, 4.69) is 15.9 Å². The van der Waals surface area contributed by atoms with Gasteiger partial charge in [-0.25, -0.2) is 0 Å². The average Bonchev–Trinajstić information content (AvgIpc) is 2.41. The van der Waals surface area contributed by atoms with E-state index in [1.165, 1.54) is 0 Å². The van der Waals surface area contributed by atoms with Gasteiger partial charge in [-0.2, -0.15) is 0 Å². The minimum atomic E-state index is -0.233. The van der Waals surface area contributed by atoms with Gasteiger partial charge in [0, 0.05) is 15.5 Å². The van der Waals surface area contributed by atoms with Crippen molar-refractivity contribution in [3.05, 3.63) is 62.6 Å². The van der Waals surface area contributed by atoms with Crippen LogP contribution in [0.3, 0.4) is 0 Å². The van der Waals surface area contributed by atoms with Crippen molar-refractivity contribution in [1.82, 2.24) is 0 Å². The third kappa shape index (κ3) is 4.00. The van der Waals surface area contributed by atoms with Crippen LogP contribution < -0.4 is 10.5 Å². The molecule has 0 radical (unpaired) electrons. The summed E-state index contributed by atoms with van der Waals surface area (Å²) in [4.78, 5) is 0. The fourth-order valence-electron chi connectivity index (χ4n) is 2.28. The molecule has 0 amide bonds. The Kier molecular flexibility index (Phi) is 5.31. The molecule has 0 fully saturated rings. The Morgan fingerprint density at radius 1 is 1.14 bits per heavy atom. The molecule has 2 rings (SSSR count). The summed E-state index contributed by atoms with van der Waals surface area (Å²) in [5, 5.41) is 0.685. The van der Waals surface area contributed by atoms with Crippen LogP contribution in [-0.2, 0) is 0 Å². The van der Waals surface area contributed by atoms with Crippen molar-refractivity contribution in [3.8, 4) is 5.75 Å². The minimum absolute atomic E-state index is 0.146. The molecule has 2 atom stereocenters. The van der Waals surface area contributed by atoms with Gasteiger partial charge in [0.1, 0.15) is 11.9 Å². The van der Waals surface area contributed by atoms with Gasteiger partial charge in [-0.15, -0.1) is 0 Å². The van der Waals surface area contributed by atoms with E-state index in [0.29, 0.717) is 5.02 Å². The molecular formula is C17H19BrClNO. The highest BCUT2D eigenvalue weighted by Crippen LogP contribution is 2.31. The van der Waals surface area contributed by atoms with Gasteiger partial charge in [0.05, 0.1) is 0 Å². The van der Waals surface area contributed by atoms with Crippen molar-refractivity contribution in [2.24, 2.45) is 5.73 Å². The van der Waals surface area contributed by atoms with Crippen LogP contribution in [0, 0.1) is 13.8 Å². The Hall–Kier alpha value is -1.03. The summed E-state index contributed by atoms with van der Waals surface area (Å²) >= 11 is 9.63. The van der Waals surface area contributed by atoms with Crippen LogP contribution in [0.25, 0.3) is 0 Å². The predicted molar refractivity (Wildman–Crippen MR) is 92.1 cm³/mol. The third-order valence-corrected chi connectivity index (χ3v) is 4.81. The normalized spacial score (nSPS) is 13.8. The molecule has 2 aromatic carbocycles. The van der Waals surface area contributed by atoms with Crippen LogP contribution in [0.5, 0.6) is 5.75 Å². The summed E-state index contributed by atoms with van der Waals surface area (Å²) in [6, 6.07) is 11.5. The van der Waals surface area contributed by atoms with Crippen molar-refractivity contribution in [1.29, 1.82) is 0 Å². The van der Waals surface area contributed by atoms with Crippen molar-refractivity contribution >= 4 is 27.5 Å². The summed E-state index contributed by atoms with van der Waals surface area (Å²) in [5.74, 6) is 0.815. The monoisotopic (exact) mass is 367 g/mol. The number of ether oxygens (including phenoxy) is 1. The zero-order valence-corrected chi connectivity index (χ0v) is 14.7. The van der Waals surface area contributed by atoms with Crippen molar-refractivity contribution < 1.29 is 4.74 Å². The molecule has 2 nitrogen and oxygen atoms in total. The lowest BCUT2D eigenvalue weighted by Gasteiger charge is -2.24. The van der Waals surface area contributed by atoms with Crippen molar-refractivity contribution in [3.63, 3.8) is 0 Å². The molecule has 0 heterocycles. The van der Waals surface area contributed by atoms with Gasteiger partial charge in [0.2, 0.25) is 0 Å². The molecule has 0 bridgehead atoms. The SMILES string of the molecule is Cc1cc(OC(c2cccc(Cl)c2)C(C)N)cc(C)c1Br. The maximum absolute atomic E-state index is 6.13. The first-order valence-electron chi connectivity index (χ1n) is 6.83. The molecule has 2 N–H and O–H groups in total. The molecule has 0 aromatic heterocycles. The highest BCUT2D eigenvalue weighted by Gasteiger charge is 2.19. The maximum atomic E-state index is 6.13. The smallest absolute Gasteiger partial charge is 0.138 e. The molecule has 0 saturated carbocycles. The third-order valence-electron chi connectivity index (χ3n) is 3.33. The fourth-order valence-corrected chi connectivity index (χ4v) is 2.71. The largest absolute Gasteiger partial charge is 0.484 e. The summed E-state index contributed by atoms with van der Waals surface area (Å²) in [6.07, 6.45) is -0.233. The van der Waals surface area contributed by atoms with Gasteiger partial charge < -0.3 is 10.5 Å². The van der Waals surface area contributed by atoms with E-state index in [0.717, 1.165) is 26.9 Å². The first-order valence-corrected chi connectivity index (χ1v) is 8.00. The van der Waals surface area contributed by atoms with Crippen LogP contribution in [0.1, 0.15) is 29.7 Å². The highest BCUT2D eigenvalue weighted by molar-refractivity contribution is 9.10. The molecule has 4 heteroatoms. The second-order valence-corrected chi connectivity index (χ2v) is 6.55. The van der Waals surface area contributed by atoms with E-state index in [1.54, 1.807) is 0 Å². The molecule has 0 spiro atoms. The highest BCUT2D eigenvalue weighted by atomic mass is 79.9.